The number of carbonyl (C=O) groups is 1. The Balaban J connectivity index is 2.16. The molecule has 0 atom stereocenters. The lowest BCUT2D eigenvalue weighted by Crippen LogP contribution is -2.08. The summed E-state index contributed by atoms with van der Waals surface area (Å²) in [7, 11) is 0. The van der Waals surface area contributed by atoms with Crippen LogP contribution in [0.1, 0.15) is 10.6 Å². The topological polar surface area (TPSA) is 56.2 Å². The van der Waals surface area contributed by atoms with Gasteiger partial charge in [0.05, 0.1) is 0 Å². The van der Waals surface area contributed by atoms with E-state index >= 15 is 0 Å². The molecule has 0 bridgehead atoms. The van der Waals surface area contributed by atoms with Gasteiger partial charge in [-0.15, -0.1) is 0 Å². The fourth-order valence-electron chi connectivity index (χ4n) is 2.66. The third-order valence-corrected chi connectivity index (χ3v) is 3.63. The number of rotatable bonds is 1. The molecule has 0 unspecified atom stereocenters. The number of hydrogen-bond acceptors (Lipinski definition) is 2. The first kappa shape index (κ1) is 11.1. The number of fused-ring (bicyclic) bond motifs is 4. The van der Waals surface area contributed by atoms with Gasteiger partial charge in [-0.1, -0.05) is 30.3 Å². The Morgan fingerprint density at radius 2 is 1.60 bits per heavy atom. The van der Waals surface area contributed by atoms with Gasteiger partial charge in [0, 0.05) is 5.39 Å². The molecule has 1 heterocycles. The Labute approximate surface area is 114 Å². The van der Waals surface area contributed by atoms with Crippen LogP contribution in [0.25, 0.3) is 32.5 Å². The van der Waals surface area contributed by atoms with Gasteiger partial charge in [-0.25, -0.2) is 0 Å². The van der Waals surface area contributed by atoms with E-state index in [0.29, 0.717) is 5.58 Å². The molecule has 0 aliphatic carbocycles. The van der Waals surface area contributed by atoms with E-state index in [1.54, 1.807) is 6.07 Å². The molecule has 4 aromatic rings. The van der Waals surface area contributed by atoms with E-state index in [9.17, 15) is 4.79 Å². The van der Waals surface area contributed by atoms with Crippen LogP contribution in [0.3, 0.4) is 0 Å². The summed E-state index contributed by atoms with van der Waals surface area (Å²) in [5.74, 6) is -0.351. The number of benzene rings is 3. The van der Waals surface area contributed by atoms with Crippen molar-refractivity contribution in [1.82, 2.24) is 0 Å². The molecule has 0 radical (unpaired) electrons. The second-order valence-electron chi connectivity index (χ2n) is 4.87. The molecule has 20 heavy (non-hydrogen) atoms. The summed E-state index contributed by atoms with van der Waals surface area (Å²) in [6.07, 6.45) is 0. The standard InChI is InChI=1S/C17H11NO2/c18-17(19)16-9-14-13-8-11-4-2-1-3-10(11)7-12(13)5-6-15(14)20-16/h1-9H,(H2,18,19). The van der Waals surface area contributed by atoms with Crippen LogP contribution < -0.4 is 5.73 Å². The first-order valence-corrected chi connectivity index (χ1v) is 6.37. The van der Waals surface area contributed by atoms with Crippen molar-refractivity contribution in [3.63, 3.8) is 0 Å². The average molecular weight is 261 g/mol. The Morgan fingerprint density at radius 1 is 0.850 bits per heavy atom. The van der Waals surface area contributed by atoms with Gasteiger partial charge in [0.1, 0.15) is 5.58 Å². The van der Waals surface area contributed by atoms with Crippen molar-refractivity contribution < 1.29 is 9.21 Å². The molecule has 0 saturated heterocycles. The highest BCUT2D eigenvalue weighted by Gasteiger charge is 2.11. The Kier molecular flexibility index (Phi) is 2.12. The van der Waals surface area contributed by atoms with E-state index < -0.39 is 5.91 Å². The minimum absolute atomic E-state index is 0.195. The minimum Gasteiger partial charge on any atom is -0.451 e. The van der Waals surface area contributed by atoms with Crippen LogP contribution in [0.4, 0.5) is 0 Å². The molecule has 0 aliphatic rings. The van der Waals surface area contributed by atoms with Gasteiger partial charge in [-0.3, -0.25) is 4.79 Å². The van der Waals surface area contributed by atoms with Crippen molar-refractivity contribution in [2.45, 2.75) is 0 Å². The van der Waals surface area contributed by atoms with E-state index in [-0.39, 0.29) is 5.76 Å². The molecule has 96 valence electrons. The molecule has 3 nitrogen and oxygen atoms in total. The zero-order chi connectivity index (χ0) is 13.7. The van der Waals surface area contributed by atoms with Crippen LogP contribution in [0, 0.1) is 0 Å². The van der Waals surface area contributed by atoms with Crippen molar-refractivity contribution in [3.8, 4) is 0 Å². The molecule has 2 N–H and O–H groups in total. The molecule has 3 heteroatoms. The number of primary amides is 1. The van der Waals surface area contributed by atoms with E-state index in [4.69, 9.17) is 10.2 Å². The van der Waals surface area contributed by atoms with Crippen molar-refractivity contribution in [2.24, 2.45) is 5.73 Å². The van der Waals surface area contributed by atoms with Crippen LogP contribution in [-0.4, -0.2) is 5.91 Å². The van der Waals surface area contributed by atoms with Gasteiger partial charge >= 0.3 is 0 Å². The fourth-order valence-corrected chi connectivity index (χ4v) is 2.66. The molecular formula is C17H11NO2. The lowest BCUT2D eigenvalue weighted by atomic mass is 10.0. The zero-order valence-electron chi connectivity index (χ0n) is 10.6. The largest absolute Gasteiger partial charge is 0.451 e. The molecule has 4 rings (SSSR count). The molecule has 0 spiro atoms. The van der Waals surface area contributed by atoms with Crippen molar-refractivity contribution in [2.75, 3.05) is 0 Å². The van der Waals surface area contributed by atoms with Crippen LogP contribution in [0.15, 0.2) is 59.0 Å². The molecule has 1 amide bonds. The third-order valence-electron chi connectivity index (χ3n) is 3.63. The van der Waals surface area contributed by atoms with Crippen molar-refractivity contribution in [1.29, 1.82) is 0 Å². The van der Waals surface area contributed by atoms with Crippen molar-refractivity contribution >= 4 is 38.4 Å². The maximum Gasteiger partial charge on any atom is 0.284 e. The quantitative estimate of drug-likeness (QED) is 0.529. The highest BCUT2D eigenvalue weighted by Crippen LogP contribution is 2.31. The van der Waals surface area contributed by atoms with Crippen LogP contribution in [-0.2, 0) is 0 Å². The van der Waals surface area contributed by atoms with Gasteiger partial charge in [-0.05, 0) is 45.8 Å². The lowest BCUT2D eigenvalue weighted by molar-refractivity contribution is 0.0976. The molecular weight excluding hydrogens is 250 g/mol. The molecule has 0 fully saturated rings. The van der Waals surface area contributed by atoms with Gasteiger partial charge in [0.25, 0.3) is 5.91 Å². The normalized spacial score (nSPS) is 11.4. The summed E-state index contributed by atoms with van der Waals surface area (Å²) < 4.78 is 5.48. The fraction of sp³-hybridized carbons (Fsp3) is 0. The van der Waals surface area contributed by atoms with Gasteiger partial charge in [0.2, 0.25) is 0 Å². The number of furan rings is 1. The second-order valence-corrected chi connectivity index (χ2v) is 4.87. The number of hydrogen-bond donors (Lipinski definition) is 1. The van der Waals surface area contributed by atoms with Gasteiger partial charge in [-0.2, -0.15) is 0 Å². The Bertz CT molecular complexity index is 982. The van der Waals surface area contributed by atoms with E-state index in [2.05, 4.69) is 24.3 Å². The first-order valence-electron chi connectivity index (χ1n) is 6.37. The summed E-state index contributed by atoms with van der Waals surface area (Å²) in [5.41, 5.74) is 5.96. The Hall–Kier alpha value is -2.81. The maximum atomic E-state index is 11.2. The summed E-state index contributed by atoms with van der Waals surface area (Å²) in [6.45, 7) is 0. The molecule has 0 aliphatic heterocycles. The smallest absolute Gasteiger partial charge is 0.284 e. The second kappa shape index (κ2) is 3.84. The molecule has 3 aromatic carbocycles. The minimum atomic E-state index is -0.546. The van der Waals surface area contributed by atoms with E-state index in [1.807, 2.05) is 24.3 Å². The molecule has 0 saturated carbocycles. The number of nitrogens with two attached hydrogens (primary N) is 1. The summed E-state index contributed by atoms with van der Waals surface area (Å²) in [6, 6.07) is 18.0. The predicted molar refractivity (Wildman–Crippen MR) is 79.7 cm³/mol. The maximum absolute atomic E-state index is 11.2. The highest BCUT2D eigenvalue weighted by molar-refractivity contribution is 6.12. The summed E-state index contributed by atoms with van der Waals surface area (Å²) >= 11 is 0. The van der Waals surface area contributed by atoms with E-state index in [0.717, 1.165) is 21.5 Å². The van der Waals surface area contributed by atoms with Crippen LogP contribution >= 0.6 is 0 Å². The van der Waals surface area contributed by atoms with E-state index in [1.165, 1.54) is 5.39 Å². The zero-order valence-corrected chi connectivity index (χ0v) is 10.6. The Morgan fingerprint density at radius 3 is 2.35 bits per heavy atom. The van der Waals surface area contributed by atoms with Gasteiger partial charge in [0.15, 0.2) is 5.76 Å². The average Bonchev–Trinajstić information content (AvgIpc) is 2.90. The SMILES string of the molecule is NC(=O)c1cc2c(ccc3cc4ccccc4cc32)o1. The first-order chi connectivity index (χ1) is 9.72. The highest BCUT2D eigenvalue weighted by atomic mass is 16.3. The van der Waals surface area contributed by atoms with Crippen LogP contribution in [0.2, 0.25) is 0 Å². The van der Waals surface area contributed by atoms with Gasteiger partial charge < -0.3 is 10.2 Å². The summed E-state index contributed by atoms with van der Waals surface area (Å²) in [4.78, 5) is 11.2. The lowest BCUT2D eigenvalue weighted by Gasteiger charge is -2.02. The monoisotopic (exact) mass is 261 g/mol. The number of carbonyl (C=O) groups excluding carboxylic acids is 1. The van der Waals surface area contributed by atoms with Crippen molar-refractivity contribution in [3.05, 3.63) is 60.4 Å². The number of amides is 1. The third kappa shape index (κ3) is 1.50. The molecule has 1 aromatic heterocycles. The predicted octanol–water partition coefficient (Wildman–Crippen LogP) is 3.84. The summed E-state index contributed by atoms with van der Waals surface area (Å²) in [5, 5.41) is 5.46. The van der Waals surface area contributed by atoms with Crippen LogP contribution in [0.5, 0.6) is 0 Å².